The molecule has 0 bridgehead atoms. The number of ether oxygens (including phenoxy) is 3. The molecule has 6 nitrogen and oxygen atoms in total. The van der Waals surface area contributed by atoms with Crippen LogP contribution in [-0.2, 0) is 25.6 Å². The monoisotopic (exact) mass is 295 g/mol. The smallest absolute Gasteiger partial charge is 0.209 e. The average molecular weight is 295 g/mol. The molecule has 2 rings (SSSR count). The minimum atomic E-state index is -1.33. The van der Waals surface area contributed by atoms with Crippen molar-refractivity contribution < 1.29 is 24.1 Å². The molecule has 1 aliphatic rings. The number of aliphatic hydroxyl groups excluding tert-OH is 1. The Bertz CT molecular complexity index is 464. The van der Waals surface area contributed by atoms with Crippen molar-refractivity contribution in [3.8, 4) is 0 Å². The van der Waals surface area contributed by atoms with Gasteiger partial charge in [0.25, 0.3) is 0 Å². The molecule has 1 heterocycles. The molecule has 1 aromatic rings. The Balaban J connectivity index is 2.11. The van der Waals surface area contributed by atoms with Gasteiger partial charge in [0, 0.05) is 0 Å². The number of hydrogen-bond acceptors (Lipinski definition) is 5. The Kier molecular flexibility index (Phi) is 4.95. The van der Waals surface area contributed by atoms with Crippen molar-refractivity contribution in [2.45, 2.75) is 38.1 Å². The van der Waals surface area contributed by atoms with E-state index < -0.39 is 24.2 Å². The van der Waals surface area contributed by atoms with Crippen molar-refractivity contribution in [2.75, 3.05) is 13.2 Å². The van der Waals surface area contributed by atoms with Crippen LogP contribution in [0.15, 0.2) is 30.3 Å². The van der Waals surface area contributed by atoms with Crippen LogP contribution in [0.4, 0.5) is 0 Å². The summed E-state index contributed by atoms with van der Waals surface area (Å²) in [6.07, 6.45) is -0.0954. The molecule has 1 saturated heterocycles. The third-order valence-corrected chi connectivity index (χ3v) is 3.41. The van der Waals surface area contributed by atoms with E-state index in [1.165, 1.54) is 0 Å². The lowest BCUT2D eigenvalue weighted by Crippen LogP contribution is -2.60. The van der Waals surface area contributed by atoms with Gasteiger partial charge in [-0.3, -0.25) is 4.79 Å². The molecule has 1 amide bonds. The van der Waals surface area contributed by atoms with Crippen molar-refractivity contribution in [1.82, 2.24) is 5.32 Å². The van der Waals surface area contributed by atoms with E-state index in [1.54, 1.807) is 13.8 Å². The Morgan fingerprint density at radius 1 is 1.48 bits per heavy atom. The number of rotatable bonds is 7. The first-order valence-electron chi connectivity index (χ1n) is 6.83. The summed E-state index contributed by atoms with van der Waals surface area (Å²) in [4.78, 5) is 10.9. The minimum absolute atomic E-state index is 0.225. The van der Waals surface area contributed by atoms with E-state index in [2.05, 4.69) is 5.32 Å². The van der Waals surface area contributed by atoms with Crippen LogP contribution in [-0.4, -0.2) is 42.3 Å². The molecule has 0 aliphatic carbocycles. The fourth-order valence-electron chi connectivity index (χ4n) is 2.22. The normalized spacial score (nSPS) is 23.5. The zero-order valence-electron chi connectivity index (χ0n) is 12.2. The van der Waals surface area contributed by atoms with E-state index in [9.17, 15) is 9.90 Å². The molecule has 0 aromatic heterocycles. The van der Waals surface area contributed by atoms with Crippen LogP contribution in [0.3, 0.4) is 0 Å². The number of nitrogens with one attached hydrogen (secondary N) is 1. The fourth-order valence-corrected chi connectivity index (χ4v) is 2.22. The van der Waals surface area contributed by atoms with Gasteiger partial charge in [-0.1, -0.05) is 30.3 Å². The van der Waals surface area contributed by atoms with E-state index in [4.69, 9.17) is 14.2 Å². The van der Waals surface area contributed by atoms with Crippen LogP contribution in [0.1, 0.15) is 19.4 Å². The van der Waals surface area contributed by atoms with Crippen molar-refractivity contribution in [2.24, 2.45) is 0 Å². The van der Waals surface area contributed by atoms with Crippen LogP contribution >= 0.6 is 0 Å². The van der Waals surface area contributed by atoms with Crippen molar-refractivity contribution >= 4 is 6.41 Å². The lowest BCUT2D eigenvalue weighted by atomic mass is 10.1. The number of aliphatic hydroxyl groups is 1. The van der Waals surface area contributed by atoms with Gasteiger partial charge in [-0.05, 0) is 19.4 Å². The second-order valence-corrected chi connectivity index (χ2v) is 5.40. The quantitative estimate of drug-likeness (QED) is 0.574. The summed E-state index contributed by atoms with van der Waals surface area (Å²) < 4.78 is 17.0. The molecule has 116 valence electrons. The highest BCUT2D eigenvalue weighted by molar-refractivity contribution is 5.47. The molecule has 1 aliphatic heterocycles. The first kappa shape index (κ1) is 15.9. The van der Waals surface area contributed by atoms with Crippen LogP contribution < -0.4 is 5.32 Å². The predicted octanol–water partition coefficient (Wildman–Crippen LogP) is 0.789. The van der Waals surface area contributed by atoms with Gasteiger partial charge >= 0.3 is 0 Å². The highest BCUT2D eigenvalue weighted by atomic mass is 16.8. The Hall–Kier alpha value is -1.47. The zero-order valence-corrected chi connectivity index (χ0v) is 12.2. The molecule has 0 unspecified atom stereocenters. The predicted molar refractivity (Wildman–Crippen MR) is 75.2 cm³/mol. The number of carbonyl (C=O) groups is 1. The molecule has 2 atom stereocenters. The molecular weight excluding hydrogens is 274 g/mol. The lowest BCUT2D eigenvalue weighted by molar-refractivity contribution is -0.207. The van der Waals surface area contributed by atoms with Gasteiger partial charge in [0.15, 0.2) is 11.5 Å². The second-order valence-electron chi connectivity index (χ2n) is 5.40. The summed E-state index contributed by atoms with van der Waals surface area (Å²) in [6, 6.07) is 9.50. The number of carbonyl (C=O) groups excluding carboxylic acids is 1. The minimum Gasteiger partial charge on any atom is -0.391 e. The third kappa shape index (κ3) is 3.79. The Morgan fingerprint density at radius 2 is 2.19 bits per heavy atom. The first-order valence-corrected chi connectivity index (χ1v) is 6.83. The molecule has 1 fully saturated rings. The standard InChI is InChI=1S/C15H21NO5/c1-14(2)19-9-13(21-14)15(10-17,16-11-18)20-8-12-6-4-3-5-7-12/h3-7,11,13,17H,8-10H2,1-2H3,(H,16,18)/t13-,15+/m1/s1. The van der Waals surface area contributed by atoms with Crippen LogP contribution in [0.2, 0.25) is 0 Å². The Labute approximate surface area is 124 Å². The topological polar surface area (TPSA) is 77.0 Å². The van der Waals surface area contributed by atoms with Gasteiger partial charge in [0.1, 0.15) is 6.10 Å². The average Bonchev–Trinajstić information content (AvgIpc) is 2.85. The van der Waals surface area contributed by atoms with Gasteiger partial charge in [0.2, 0.25) is 6.41 Å². The largest absolute Gasteiger partial charge is 0.391 e. The summed E-state index contributed by atoms with van der Waals surface area (Å²) >= 11 is 0. The molecule has 1 aromatic carbocycles. The summed E-state index contributed by atoms with van der Waals surface area (Å²) in [5, 5.41) is 12.3. The molecular formula is C15H21NO5. The maximum atomic E-state index is 10.9. The SMILES string of the molecule is CC1(C)OC[C@H]([C@@](CO)(NC=O)OCc2ccccc2)O1. The van der Waals surface area contributed by atoms with Crippen LogP contribution in [0, 0.1) is 0 Å². The molecule has 6 heteroatoms. The van der Waals surface area contributed by atoms with Crippen LogP contribution in [0.25, 0.3) is 0 Å². The first-order chi connectivity index (χ1) is 10.0. The van der Waals surface area contributed by atoms with E-state index >= 15 is 0 Å². The van der Waals surface area contributed by atoms with Gasteiger partial charge < -0.3 is 24.6 Å². The number of benzene rings is 1. The molecule has 2 N–H and O–H groups in total. The molecule has 0 radical (unpaired) electrons. The number of amides is 1. The highest BCUT2D eigenvalue weighted by Crippen LogP contribution is 2.30. The summed E-state index contributed by atoms with van der Waals surface area (Å²) in [6.45, 7) is 3.59. The van der Waals surface area contributed by atoms with Crippen molar-refractivity contribution in [3.05, 3.63) is 35.9 Å². The van der Waals surface area contributed by atoms with E-state index in [0.29, 0.717) is 6.41 Å². The van der Waals surface area contributed by atoms with Crippen LogP contribution in [0.5, 0.6) is 0 Å². The maximum absolute atomic E-state index is 10.9. The van der Waals surface area contributed by atoms with Crippen molar-refractivity contribution in [1.29, 1.82) is 0 Å². The van der Waals surface area contributed by atoms with Gasteiger partial charge in [0.05, 0.1) is 19.8 Å². The molecule has 21 heavy (non-hydrogen) atoms. The summed E-state index contributed by atoms with van der Waals surface area (Å²) in [5.74, 6) is -0.772. The van der Waals surface area contributed by atoms with Crippen molar-refractivity contribution in [3.63, 3.8) is 0 Å². The number of hydrogen-bond donors (Lipinski definition) is 2. The molecule has 0 saturated carbocycles. The van der Waals surface area contributed by atoms with E-state index in [0.717, 1.165) is 5.56 Å². The molecule has 0 spiro atoms. The Morgan fingerprint density at radius 3 is 2.71 bits per heavy atom. The summed E-state index contributed by atoms with van der Waals surface area (Å²) in [7, 11) is 0. The van der Waals surface area contributed by atoms with E-state index in [1.807, 2.05) is 30.3 Å². The maximum Gasteiger partial charge on any atom is 0.209 e. The lowest BCUT2D eigenvalue weighted by Gasteiger charge is -2.36. The zero-order chi connectivity index (χ0) is 15.3. The van der Waals surface area contributed by atoms with E-state index in [-0.39, 0.29) is 13.2 Å². The van der Waals surface area contributed by atoms with Gasteiger partial charge in [-0.25, -0.2) is 0 Å². The second kappa shape index (κ2) is 6.53. The van der Waals surface area contributed by atoms with Gasteiger partial charge in [-0.15, -0.1) is 0 Å². The fraction of sp³-hybridized carbons (Fsp3) is 0.533. The highest BCUT2D eigenvalue weighted by Gasteiger charge is 2.48. The van der Waals surface area contributed by atoms with Gasteiger partial charge in [-0.2, -0.15) is 0 Å². The third-order valence-electron chi connectivity index (χ3n) is 3.41. The summed E-state index contributed by atoms with van der Waals surface area (Å²) in [5.41, 5.74) is -0.396.